The fraction of sp³-hybridized carbons (Fsp3) is 0.500. The fourth-order valence-electron chi connectivity index (χ4n) is 1.52. The van der Waals surface area contributed by atoms with Crippen molar-refractivity contribution in [1.29, 1.82) is 0 Å². The number of ether oxygens (including phenoxy) is 1. The number of hydrogen-bond acceptors (Lipinski definition) is 3. The second kappa shape index (κ2) is 3.14. The maximum absolute atomic E-state index is 11.2. The Bertz CT molecular complexity index is 359. The molecule has 0 atom stereocenters. The number of nitrogens with zero attached hydrogens (tertiary/aromatic N) is 2. The zero-order valence-electron chi connectivity index (χ0n) is 7.21. The van der Waals surface area contributed by atoms with E-state index in [9.17, 15) is 4.79 Å². The molecule has 0 fully saturated rings. The molecule has 70 valence electrons. The number of aryl methyl sites for hydroxylation is 1. The second-order valence-electron chi connectivity index (χ2n) is 2.91. The van der Waals surface area contributed by atoms with Crippen molar-refractivity contribution < 1.29 is 9.53 Å². The molecule has 0 amide bonds. The Kier molecular flexibility index (Phi) is 2.11. The summed E-state index contributed by atoms with van der Waals surface area (Å²) in [6.45, 7) is 0.930. The van der Waals surface area contributed by atoms with Crippen LogP contribution in [0.15, 0.2) is 4.60 Å². The van der Waals surface area contributed by atoms with Crippen LogP contribution in [0.3, 0.4) is 0 Å². The molecule has 4 nitrogen and oxygen atoms in total. The molecule has 2 rings (SSSR count). The van der Waals surface area contributed by atoms with Gasteiger partial charge in [0.25, 0.3) is 0 Å². The van der Waals surface area contributed by atoms with E-state index in [4.69, 9.17) is 0 Å². The summed E-state index contributed by atoms with van der Waals surface area (Å²) >= 11 is 3.34. The average molecular weight is 245 g/mol. The first kappa shape index (κ1) is 8.74. The third-order valence-corrected chi connectivity index (χ3v) is 2.95. The number of fused-ring (bicyclic) bond motifs is 1. The van der Waals surface area contributed by atoms with Crippen molar-refractivity contribution in [3.63, 3.8) is 0 Å². The summed E-state index contributed by atoms with van der Waals surface area (Å²) in [6.07, 6.45) is 2.04. The first-order valence-corrected chi connectivity index (χ1v) is 4.86. The second-order valence-corrected chi connectivity index (χ2v) is 3.67. The molecule has 0 aliphatic carbocycles. The molecule has 2 heterocycles. The minimum Gasteiger partial charge on any atom is -0.464 e. The highest BCUT2D eigenvalue weighted by Crippen LogP contribution is 2.24. The summed E-state index contributed by atoms with van der Waals surface area (Å²) in [6, 6.07) is 0. The van der Waals surface area contributed by atoms with Crippen molar-refractivity contribution >= 4 is 21.9 Å². The van der Waals surface area contributed by atoms with Gasteiger partial charge in [-0.25, -0.2) is 9.78 Å². The number of aromatic nitrogens is 2. The molecule has 1 aromatic rings. The molecule has 0 N–H and O–H groups in total. The predicted molar refractivity (Wildman–Crippen MR) is 49.6 cm³/mol. The topological polar surface area (TPSA) is 44.1 Å². The van der Waals surface area contributed by atoms with Gasteiger partial charge in [0, 0.05) is 13.0 Å². The Morgan fingerprint density at radius 1 is 1.69 bits per heavy atom. The molecule has 0 saturated heterocycles. The zero-order chi connectivity index (χ0) is 9.42. The van der Waals surface area contributed by atoms with Crippen LogP contribution in [0.1, 0.15) is 22.7 Å². The van der Waals surface area contributed by atoms with Crippen LogP contribution in [0, 0.1) is 0 Å². The van der Waals surface area contributed by atoms with Gasteiger partial charge in [-0.15, -0.1) is 0 Å². The van der Waals surface area contributed by atoms with Gasteiger partial charge >= 0.3 is 5.97 Å². The molecule has 1 aliphatic rings. The lowest BCUT2D eigenvalue weighted by Gasteiger charge is -1.98. The molecular formula is C8H9BrN2O2. The lowest BCUT2D eigenvalue weighted by molar-refractivity contribution is 0.0593. The SMILES string of the molecule is COC(=O)c1nc2n(c1Br)CCC2. The van der Waals surface area contributed by atoms with Crippen LogP contribution in [-0.2, 0) is 17.7 Å². The molecule has 0 spiro atoms. The highest BCUT2D eigenvalue weighted by atomic mass is 79.9. The van der Waals surface area contributed by atoms with E-state index in [1.807, 2.05) is 4.57 Å². The molecule has 1 aromatic heterocycles. The van der Waals surface area contributed by atoms with Crippen molar-refractivity contribution in [2.75, 3.05) is 7.11 Å². The number of hydrogen-bond donors (Lipinski definition) is 0. The maximum Gasteiger partial charge on any atom is 0.359 e. The summed E-state index contributed by atoms with van der Waals surface area (Å²) in [5, 5.41) is 0. The quantitative estimate of drug-likeness (QED) is 0.702. The van der Waals surface area contributed by atoms with E-state index in [0.717, 1.165) is 29.8 Å². The van der Waals surface area contributed by atoms with Crippen LogP contribution < -0.4 is 0 Å². The lowest BCUT2D eigenvalue weighted by Crippen LogP contribution is -2.03. The Morgan fingerprint density at radius 3 is 3.08 bits per heavy atom. The van der Waals surface area contributed by atoms with E-state index in [1.165, 1.54) is 7.11 Å². The zero-order valence-corrected chi connectivity index (χ0v) is 8.80. The van der Waals surface area contributed by atoms with E-state index in [0.29, 0.717) is 5.69 Å². The summed E-state index contributed by atoms with van der Waals surface area (Å²) in [5.74, 6) is 0.584. The van der Waals surface area contributed by atoms with E-state index in [2.05, 4.69) is 25.7 Å². The maximum atomic E-state index is 11.2. The van der Waals surface area contributed by atoms with Gasteiger partial charge in [0.15, 0.2) is 5.69 Å². The Hall–Kier alpha value is -0.840. The standard InChI is InChI=1S/C8H9BrN2O2/c1-13-8(12)6-7(9)11-4-2-3-5(11)10-6/h2-4H2,1H3. The minimum absolute atomic E-state index is 0.381. The van der Waals surface area contributed by atoms with Crippen molar-refractivity contribution in [3.05, 3.63) is 16.1 Å². The number of rotatable bonds is 1. The smallest absolute Gasteiger partial charge is 0.359 e. The van der Waals surface area contributed by atoms with Gasteiger partial charge in [0.2, 0.25) is 0 Å². The van der Waals surface area contributed by atoms with Crippen molar-refractivity contribution in [3.8, 4) is 0 Å². The molecule has 0 saturated carbocycles. The minimum atomic E-state index is -0.381. The van der Waals surface area contributed by atoms with Crippen LogP contribution in [-0.4, -0.2) is 22.6 Å². The normalized spacial score (nSPS) is 14.3. The van der Waals surface area contributed by atoms with Crippen molar-refractivity contribution in [2.45, 2.75) is 19.4 Å². The van der Waals surface area contributed by atoms with Gasteiger partial charge in [0.1, 0.15) is 10.4 Å². The highest BCUT2D eigenvalue weighted by Gasteiger charge is 2.23. The van der Waals surface area contributed by atoms with E-state index >= 15 is 0 Å². The lowest BCUT2D eigenvalue weighted by atomic mass is 10.3. The summed E-state index contributed by atoms with van der Waals surface area (Å²) < 4.78 is 7.36. The monoisotopic (exact) mass is 244 g/mol. The number of methoxy groups -OCH3 is 1. The molecule has 5 heteroatoms. The summed E-state index contributed by atoms with van der Waals surface area (Å²) in [7, 11) is 1.36. The molecular weight excluding hydrogens is 236 g/mol. The van der Waals surface area contributed by atoms with Crippen LogP contribution >= 0.6 is 15.9 Å². The van der Waals surface area contributed by atoms with E-state index in [1.54, 1.807) is 0 Å². The van der Waals surface area contributed by atoms with E-state index < -0.39 is 0 Å². The van der Waals surface area contributed by atoms with Gasteiger partial charge in [-0.1, -0.05) is 0 Å². The molecule has 1 aliphatic heterocycles. The van der Waals surface area contributed by atoms with Gasteiger partial charge < -0.3 is 9.30 Å². The molecule has 0 radical (unpaired) electrons. The van der Waals surface area contributed by atoms with Crippen LogP contribution in [0.25, 0.3) is 0 Å². The van der Waals surface area contributed by atoms with Crippen LogP contribution in [0.5, 0.6) is 0 Å². The third kappa shape index (κ3) is 1.27. The van der Waals surface area contributed by atoms with Gasteiger partial charge in [0.05, 0.1) is 7.11 Å². The largest absolute Gasteiger partial charge is 0.464 e. The first-order chi connectivity index (χ1) is 6.24. The predicted octanol–water partition coefficient (Wildman–Crippen LogP) is 1.38. The molecule has 0 unspecified atom stereocenters. The molecule has 0 aromatic carbocycles. The molecule has 0 bridgehead atoms. The van der Waals surface area contributed by atoms with Gasteiger partial charge in [-0.05, 0) is 22.4 Å². The Balaban J connectivity index is 2.44. The fourth-order valence-corrected chi connectivity index (χ4v) is 2.15. The Labute approximate surface area is 84.0 Å². The van der Waals surface area contributed by atoms with Crippen LogP contribution in [0.4, 0.5) is 0 Å². The highest BCUT2D eigenvalue weighted by molar-refractivity contribution is 9.10. The number of esters is 1. The van der Waals surface area contributed by atoms with Gasteiger partial charge in [-0.2, -0.15) is 0 Å². The van der Waals surface area contributed by atoms with Gasteiger partial charge in [-0.3, -0.25) is 0 Å². The first-order valence-electron chi connectivity index (χ1n) is 4.07. The summed E-state index contributed by atoms with van der Waals surface area (Å²) in [4.78, 5) is 15.4. The number of carbonyl (C=O) groups is 1. The average Bonchev–Trinajstić information content (AvgIpc) is 2.68. The molecule has 13 heavy (non-hydrogen) atoms. The summed E-state index contributed by atoms with van der Waals surface area (Å²) in [5.41, 5.74) is 0.386. The number of carbonyl (C=O) groups excluding carboxylic acids is 1. The number of imidazole rings is 1. The Morgan fingerprint density at radius 2 is 2.46 bits per heavy atom. The van der Waals surface area contributed by atoms with Crippen LogP contribution in [0.2, 0.25) is 0 Å². The van der Waals surface area contributed by atoms with Crippen molar-refractivity contribution in [1.82, 2.24) is 9.55 Å². The number of halogens is 1. The van der Waals surface area contributed by atoms with E-state index in [-0.39, 0.29) is 5.97 Å². The van der Waals surface area contributed by atoms with Crippen molar-refractivity contribution in [2.24, 2.45) is 0 Å². The third-order valence-electron chi connectivity index (χ3n) is 2.15.